The maximum absolute atomic E-state index is 12.6. The molecule has 0 aromatic carbocycles. The van der Waals surface area contributed by atoms with Crippen molar-refractivity contribution in [3.63, 3.8) is 0 Å². The largest absolute Gasteiger partial charge is 0.363 e. The van der Waals surface area contributed by atoms with Gasteiger partial charge in [-0.2, -0.15) is 4.31 Å². The lowest BCUT2D eigenvalue weighted by atomic mass is 10.4. The van der Waals surface area contributed by atoms with Gasteiger partial charge in [0.25, 0.3) is 0 Å². The molecule has 0 saturated heterocycles. The number of rotatable bonds is 9. The van der Waals surface area contributed by atoms with Gasteiger partial charge in [0.1, 0.15) is 0 Å². The first kappa shape index (κ1) is 15.5. The van der Waals surface area contributed by atoms with E-state index >= 15 is 0 Å². The Balaban J connectivity index is 2.08. The van der Waals surface area contributed by atoms with E-state index in [1.54, 1.807) is 16.6 Å². The van der Waals surface area contributed by atoms with Gasteiger partial charge in [-0.25, -0.2) is 8.42 Å². The molecular weight excluding hydrogens is 274 g/mol. The first-order chi connectivity index (χ1) is 9.59. The van der Waals surface area contributed by atoms with Gasteiger partial charge in [0, 0.05) is 31.0 Å². The monoisotopic (exact) mass is 299 g/mol. The fourth-order valence-corrected chi connectivity index (χ4v) is 4.08. The number of H-pyrrole nitrogens is 1. The summed E-state index contributed by atoms with van der Waals surface area (Å²) < 4.78 is 26.9. The molecular formula is C14H25N3O2S. The van der Waals surface area contributed by atoms with E-state index in [1.165, 1.54) is 0 Å². The molecule has 1 aliphatic rings. The van der Waals surface area contributed by atoms with Crippen LogP contribution in [0.2, 0.25) is 0 Å². The number of aromatic nitrogens is 1. The summed E-state index contributed by atoms with van der Waals surface area (Å²) in [6.07, 6.45) is 5.52. The third kappa shape index (κ3) is 3.62. The Morgan fingerprint density at radius 1 is 1.35 bits per heavy atom. The Kier molecular flexibility index (Phi) is 5.23. The minimum Gasteiger partial charge on any atom is -0.363 e. The smallest absolute Gasteiger partial charge is 0.244 e. The summed E-state index contributed by atoms with van der Waals surface area (Å²) in [6, 6.07) is 1.97. The van der Waals surface area contributed by atoms with E-state index in [2.05, 4.69) is 17.2 Å². The van der Waals surface area contributed by atoms with Crippen LogP contribution in [-0.2, 0) is 16.6 Å². The van der Waals surface area contributed by atoms with Gasteiger partial charge >= 0.3 is 0 Å². The normalized spacial score (nSPS) is 15.9. The van der Waals surface area contributed by atoms with Crippen molar-refractivity contribution in [3.05, 3.63) is 18.0 Å². The van der Waals surface area contributed by atoms with Gasteiger partial charge in [-0.15, -0.1) is 0 Å². The quantitative estimate of drug-likeness (QED) is 0.686. The Bertz CT molecular complexity index is 520. The maximum Gasteiger partial charge on any atom is 0.244 e. The Hall–Kier alpha value is -0.850. The molecule has 114 valence electrons. The van der Waals surface area contributed by atoms with Crippen LogP contribution in [0.3, 0.4) is 0 Å². The molecule has 0 spiro atoms. The molecule has 2 rings (SSSR count). The van der Waals surface area contributed by atoms with Crippen molar-refractivity contribution in [2.24, 2.45) is 0 Å². The molecule has 20 heavy (non-hydrogen) atoms. The highest BCUT2D eigenvalue weighted by Crippen LogP contribution is 2.32. The molecule has 0 bridgehead atoms. The standard InChI is InChI=1S/C14H25N3O2S/c1-3-7-15-10-12-9-14(11-16-12)20(18,19)17(8-4-2)13-5-6-13/h9,11,13,15-16H,3-8,10H2,1-2H3. The number of hydrogen-bond acceptors (Lipinski definition) is 3. The van der Waals surface area contributed by atoms with Crippen molar-refractivity contribution in [1.82, 2.24) is 14.6 Å². The van der Waals surface area contributed by atoms with E-state index in [9.17, 15) is 8.42 Å². The van der Waals surface area contributed by atoms with Crippen LogP contribution in [0.4, 0.5) is 0 Å². The molecule has 6 heteroatoms. The summed E-state index contributed by atoms with van der Waals surface area (Å²) in [5.41, 5.74) is 0.921. The van der Waals surface area contributed by atoms with Crippen molar-refractivity contribution in [2.75, 3.05) is 13.1 Å². The fourth-order valence-electron chi connectivity index (χ4n) is 2.29. The lowest BCUT2D eigenvalue weighted by Crippen LogP contribution is -2.33. The van der Waals surface area contributed by atoms with Crippen LogP contribution < -0.4 is 5.32 Å². The third-order valence-corrected chi connectivity index (χ3v) is 5.39. The van der Waals surface area contributed by atoms with Crippen LogP contribution in [0.25, 0.3) is 0 Å². The van der Waals surface area contributed by atoms with E-state index in [0.717, 1.165) is 37.9 Å². The molecule has 1 fully saturated rings. The zero-order valence-corrected chi connectivity index (χ0v) is 13.2. The lowest BCUT2D eigenvalue weighted by Gasteiger charge is -2.20. The summed E-state index contributed by atoms with van der Waals surface area (Å²) in [5.74, 6) is 0. The van der Waals surface area contributed by atoms with Gasteiger partial charge < -0.3 is 10.3 Å². The molecule has 1 aromatic rings. The molecule has 2 N–H and O–H groups in total. The van der Waals surface area contributed by atoms with E-state index in [1.807, 2.05) is 6.92 Å². The van der Waals surface area contributed by atoms with Crippen LogP contribution in [-0.4, -0.2) is 36.8 Å². The lowest BCUT2D eigenvalue weighted by molar-refractivity contribution is 0.403. The topological polar surface area (TPSA) is 65.2 Å². The van der Waals surface area contributed by atoms with Crippen LogP contribution in [0.1, 0.15) is 45.2 Å². The van der Waals surface area contributed by atoms with Crippen LogP contribution in [0.15, 0.2) is 17.2 Å². The number of nitrogens with one attached hydrogen (secondary N) is 2. The summed E-state index contributed by atoms with van der Waals surface area (Å²) in [7, 11) is -3.34. The number of nitrogens with zero attached hydrogens (tertiary/aromatic N) is 1. The Morgan fingerprint density at radius 3 is 2.70 bits per heavy atom. The van der Waals surface area contributed by atoms with Crippen LogP contribution >= 0.6 is 0 Å². The van der Waals surface area contributed by atoms with Crippen molar-refractivity contribution < 1.29 is 8.42 Å². The van der Waals surface area contributed by atoms with E-state index < -0.39 is 10.0 Å². The highest BCUT2D eigenvalue weighted by atomic mass is 32.2. The molecule has 1 saturated carbocycles. The van der Waals surface area contributed by atoms with Gasteiger partial charge in [0.05, 0.1) is 4.90 Å². The van der Waals surface area contributed by atoms with Crippen molar-refractivity contribution in [3.8, 4) is 0 Å². The van der Waals surface area contributed by atoms with Gasteiger partial charge in [0.2, 0.25) is 10.0 Å². The van der Waals surface area contributed by atoms with Crippen molar-refractivity contribution >= 4 is 10.0 Å². The first-order valence-corrected chi connectivity index (χ1v) is 8.93. The molecule has 0 aliphatic heterocycles. The average molecular weight is 299 g/mol. The second kappa shape index (κ2) is 6.74. The molecule has 0 radical (unpaired) electrons. The fraction of sp³-hybridized carbons (Fsp3) is 0.714. The predicted octanol–water partition coefficient (Wildman–Crippen LogP) is 2.08. The number of hydrogen-bond donors (Lipinski definition) is 2. The first-order valence-electron chi connectivity index (χ1n) is 7.49. The minimum atomic E-state index is -3.34. The van der Waals surface area contributed by atoms with E-state index in [-0.39, 0.29) is 6.04 Å². The Labute approximate surface area is 121 Å². The minimum absolute atomic E-state index is 0.219. The maximum atomic E-state index is 12.6. The van der Waals surface area contributed by atoms with Crippen LogP contribution in [0.5, 0.6) is 0 Å². The van der Waals surface area contributed by atoms with Gasteiger partial charge in [0.15, 0.2) is 0 Å². The SMILES string of the molecule is CCCNCc1cc(S(=O)(=O)N(CCC)C2CC2)c[nH]1. The van der Waals surface area contributed by atoms with Gasteiger partial charge in [-0.05, 0) is 38.3 Å². The van der Waals surface area contributed by atoms with Crippen LogP contribution in [0, 0.1) is 0 Å². The third-order valence-electron chi connectivity index (χ3n) is 3.46. The second-order valence-corrected chi connectivity index (χ2v) is 7.27. The Morgan fingerprint density at radius 2 is 2.10 bits per heavy atom. The molecule has 1 aromatic heterocycles. The summed E-state index contributed by atoms with van der Waals surface area (Å²) in [5, 5.41) is 3.27. The molecule has 0 unspecified atom stereocenters. The summed E-state index contributed by atoms with van der Waals surface area (Å²) in [4.78, 5) is 3.45. The zero-order chi connectivity index (χ0) is 14.6. The summed E-state index contributed by atoms with van der Waals surface area (Å²) >= 11 is 0. The molecule has 1 heterocycles. The van der Waals surface area contributed by atoms with Gasteiger partial charge in [-0.1, -0.05) is 13.8 Å². The molecule has 0 atom stereocenters. The van der Waals surface area contributed by atoms with Crippen molar-refractivity contribution in [1.29, 1.82) is 0 Å². The van der Waals surface area contributed by atoms with Gasteiger partial charge in [-0.3, -0.25) is 0 Å². The zero-order valence-electron chi connectivity index (χ0n) is 12.4. The van der Waals surface area contributed by atoms with E-state index in [4.69, 9.17) is 0 Å². The van der Waals surface area contributed by atoms with E-state index in [0.29, 0.717) is 18.0 Å². The number of aromatic amines is 1. The molecule has 1 aliphatic carbocycles. The molecule has 5 nitrogen and oxygen atoms in total. The number of sulfonamides is 1. The molecule has 0 amide bonds. The predicted molar refractivity (Wildman–Crippen MR) is 80.0 cm³/mol. The average Bonchev–Trinajstić information content (AvgIpc) is 3.13. The summed E-state index contributed by atoms with van der Waals surface area (Å²) in [6.45, 7) is 6.35. The highest BCUT2D eigenvalue weighted by molar-refractivity contribution is 7.89. The van der Waals surface area contributed by atoms with Crippen molar-refractivity contribution in [2.45, 2.75) is 57.0 Å². The second-order valence-electron chi connectivity index (χ2n) is 5.38. The highest BCUT2D eigenvalue weighted by Gasteiger charge is 2.37.